The zero-order valence-electron chi connectivity index (χ0n) is 12.9. The topological polar surface area (TPSA) is 67.4 Å². The van der Waals surface area contributed by atoms with Gasteiger partial charge in [0.2, 0.25) is 5.91 Å². The van der Waals surface area contributed by atoms with Gasteiger partial charge in [0, 0.05) is 5.02 Å². The van der Waals surface area contributed by atoms with Gasteiger partial charge in [-0.2, -0.15) is 0 Å². The molecule has 2 amide bonds. The fraction of sp³-hybridized carbons (Fsp3) is 0.176. The largest absolute Gasteiger partial charge is 0.484 e. The van der Waals surface area contributed by atoms with E-state index in [0.29, 0.717) is 21.5 Å². The van der Waals surface area contributed by atoms with Crippen LogP contribution in [0.4, 0.5) is 5.69 Å². The summed E-state index contributed by atoms with van der Waals surface area (Å²) >= 11 is 11.7. The number of rotatable bonds is 6. The van der Waals surface area contributed by atoms with E-state index in [1.807, 2.05) is 19.1 Å². The van der Waals surface area contributed by atoms with E-state index in [-0.39, 0.29) is 13.2 Å². The molecule has 2 rings (SSSR count). The quantitative estimate of drug-likeness (QED) is 0.822. The second-order valence-electron chi connectivity index (χ2n) is 5.05. The first-order valence-electron chi connectivity index (χ1n) is 7.15. The van der Waals surface area contributed by atoms with Crippen molar-refractivity contribution in [1.29, 1.82) is 0 Å². The number of carbonyl (C=O) groups excluding carboxylic acids is 2. The number of halogens is 2. The van der Waals surface area contributed by atoms with Gasteiger partial charge in [-0.05, 0) is 37.3 Å². The minimum absolute atomic E-state index is 0.169. The zero-order chi connectivity index (χ0) is 17.5. The molecule has 0 spiro atoms. The summed E-state index contributed by atoms with van der Waals surface area (Å²) in [6, 6.07) is 12.0. The smallest absolute Gasteiger partial charge is 0.258 e. The van der Waals surface area contributed by atoms with Crippen LogP contribution in [-0.4, -0.2) is 25.0 Å². The van der Waals surface area contributed by atoms with Gasteiger partial charge in [-0.1, -0.05) is 40.9 Å². The predicted molar refractivity (Wildman–Crippen MR) is 94.8 cm³/mol. The first kappa shape index (κ1) is 18.1. The summed E-state index contributed by atoms with van der Waals surface area (Å²) in [5.74, 6) is -0.205. The molecule has 0 radical (unpaired) electrons. The van der Waals surface area contributed by atoms with Crippen molar-refractivity contribution in [2.24, 2.45) is 0 Å². The van der Waals surface area contributed by atoms with Crippen molar-refractivity contribution < 1.29 is 14.3 Å². The van der Waals surface area contributed by atoms with E-state index in [1.54, 1.807) is 24.3 Å². The lowest BCUT2D eigenvalue weighted by atomic mass is 10.2. The number of nitrogens with one attached hydrogen (secondary N) is 2. The van der Waals surface area contributed by atoms with Gasteiger partial charge in [0.25, 0.3) is 5.91 Å². The number of ether oxygens (including phenoxy) is 1. The standard InChI is InChI=1S/C17H16Cl2N2O3/c1-11-2-5-13(6-3-11)24-10-17(23)20-9-16(22)21-15-7-4-12(18)8-14(15)19/h2-8H,9-10H2,1H3,(H,20,23)(H,21,22). The minimum Gasteiger partial charge on any atom is -0.484 e. The molecular weight excluding hydrogens is 351 g/mol. The minimum atomic E-state index is -0.400. The molecular formula is C17H16Cl2N2O3. The van der Waals surface area contributed by atoms with E-state index >= 15 is 0 Å². The molecule has 0 fully saturated rings. The summed E-state index contributed by atoms with van der Waals surface area (Å²) in [5.41, 5.74) is 1.53. The van der Waals surface area contributed by atoms with Gasteiger partial charge >= 0.3 is 0 Å². The lowest BCUT2D eigenvalue weighted by Gasteiger charge is -2.09. The van der Waals surface area contributed by atoms with E-state index in [0.717, 1.165) is 5.56 Å². The van der Waals surface area contributed by atoms with E-state index in [1.165, 1.54) is 6.07 Å². The Kier molecular flexibility index (Phi) is 6.46. The summed E-state index contributed by atoms with van der Waals surface area (Å²) in [5, 5.41) is 5.85. The molecule has 2 aromatic rings. The lowest BCUT2D eigenvalue weighted by molar-refractivity contribution is -0.125. The molecule has 2 aromatic carbocycles. The second-order valence-corrected chi connectivity index (χ2v) is 5.89. The second kappa shape index (κ2) is 8.57. The Hall–Kier alpha value is -2.24. The summed E-state index contributed by atoms with van der Waals surface area (Å²) < 4.78 is 5.33. The van der Waals surface area contributed by atoms with Crippen molar-refractivity contribution in [1.82, 2.24) is 5.32 Å². The van der Waals surface area contributed by atoms with Crippen LogP contribution >= 0.6 is 23.2 Å². The Balaban J connectivity index is 1.74. The van der Waals surface area contributed by atoms with Crippen LogP contribution in [0, 0.1) is 6.92 Å². The highest BCUT2D eigenvalue weighted by Crippen LogP contribution is 2.25. The van der Waals surface area contributed by atoms with Crippen LogP contribution in [-0.2, 0) is 9.59 Å². The van der Waals surface area contributed by atoms with Gasteiger partial charge in [0.05, 0.1) is 17.3 Å². The molecule has 126 valence electrons. The molecule has 0 saturated heterocycles. The molecule has 0 aliphatic rings. The van der Waals surface area contributed by atoms with E-state index in [4.69, 9.17) is 27.9 Å². The van der Waals surface area contributed by atoms with E-state index in [2.05, 4.69) is 10.6 Å². The van der Waals surface area contributed by atoms with Gasteiger partial charge in [0.1, 0.15) is 5.75 Å². The van der Waals surface area contributed by atoms with E-state index in [9.17, 15) is 9.59 Å². The van der Waals surface area contributed by atoms with Crippen molar-refractivity contribution in [2.45, 2.75) is 6.92 Å². The van der Waals surface area contributed by atoms with Crippen molar-refractivity contribution >= 4 is 40.7 Å². The number of hydrogen-bond acceptors (Lipinski definition) is 3. The molecule has 0 heterocycles. The number of anilines is 1. The highest BCUT2D eigenvalue weighted by molar-refractivity contribution is 6.36. The van der Waals surface area contributed by atoms with Crippen molar-refractivity contribution in [2.75, 3.05) is 18.5 Å². The van der Waals surface area contributed by atoms with Crippen LogP contribution < -0.4 is 15.4 Å². The SMILES string of the molecule is Cc1ccc(OCC(=O)NCC(=O)Nc2ccc(Cl)cc2Cl)cc1. The van der Waals surface area contributed by atoms with Crippen molar-refractivity contribution in [3.63, 3.8) is 0 Å². The summed E-state index contributed by atoms with van der Waals surface area (Å²) in [6.45, 7) is 1.61. The third-order valence-electron chi connectivity index (χ3n) is 3.04. The number of benzene rings is 2. The molecule has 7 heteroatoms. The highest BCUT2D eigenvalue weighted by Gasteiger charge is 2.09. The van der Waals surface area contributed by atoms with Gasteiger partial charge in [-0.3, -0.25) is 9.59 Å². The molecule has 0 aliphatic heterocycles. The molecule has 0 unspecified atom stereocenters. The lowest BCUT2D eigenvalue weighted by Crippen LogP contribution is -2.35. The molecule has 2 N–H and O–H groups in total. The van der Waals surface area contributed by atoms with Crippen LogP contribution in [0.3, 0.4) is 0 Å². The van der Waals surface area contributed by atoms with Crippen LogP contribution in [0.15, 0.2) is 42.5 Å². The molecule has 0 atom stereocenters. The molecule has 0 aliphatic carbocycles. The third kappa shape index (κ3) is 5.76. The van der Waals surface area contributed by atoms with Crippen LogP contribution in [0.5, 0.6) is 5.75 Å². The monoisotopic (exact) mass is 366 g/mol. The van der Waals surface area contributed by atoms with Gasteiger partial charge < -0.3 is 15.4 Å². The van der Waals surface area contributed by atoms with Crippen LogP contribution in [0.1, 0.15) is 5.56 Å². The van der Waals surface area contributed by atoms with Crippen LogP contribution in [0.25, 0.3) is 0 Å². The molecule has 5 nitrogen and oxygen atoms in total. The Labute approximate surface area is 149 Å². The Morgan fingerprint density at radius 3 is 2.42 bits per heavy atom. The van der Waals surface area contributed by atoms with Gasteiger partial charge in [-0.15, -0.1) is 0 Å². The number of amides is 2. The fourth-order valence-corrected chi connectivity index (χ4v) is 2.25. The number of hydrogen-bond donors (Lipinski definition) is 2. The molecule has 0 bridgehead atoms. The Bertz CT molecular complexity index is 733. The van der Waals surface area contributed by atoms with Crippen LogP contribution in [0.2, 0.25) is 10.0 Å². The first-order chi connectivity index (χ1) is 11.4. The zero-order valence-corrected chi connectivity index (χ0v) is 14.4. The maximum atomic E-state index is 11.8. The Morgan fingerprint density at radius 1 is 1.04 bits per heavy atom. The maximum Gasteiger partial charge on any atom is 0.258 e. The average molecular weight is 367 g/mol. The van der Waals surface area contributed by atoms with Gasteiger partial charge in [0.15, 0.2) is 6.61 Å². The fourth-order valence-electron chi connectivity index (χ4n) is 1.80. The maximum absolute atomic E-state index is 11.8. The normalized spacial score (nSPS) is 10.1. The Morgan fingerprint density at radius 2 is 1.75 bits per heavy atom. The average Bonchev–Trinajstić information content (AvgIpc) is 2.55. The summed E-state index contributed by atoms with van der Waals surface area (Å²) in [6.07, 6.45) is 0. The first-order valence-corrected chi connectivity index (χ1v) is 7.91. The molecule has 24 heavy (non-hydrogen) atoms. The summed E-state index contributed by atoms with van der Waals surface area (Å²) in [4.78, 5) is 23.5. The van der Waals surface area contributed by atoms with Gasteiger partial charge in [-0.25, -0.2) is 0 Å². The highest BCUT2D eigenvalue weighted by atomic mass is 35.5. The summed E-state index contributed by atoms with van der Waals surface area (Å²) in [7, 11) is 0. The molecule has 0 aromatic heterocycles. The molecule has 0 saturated carbocycles. The number of carbonyl (C=O) groups is 2. The van der Waals surface area contributed by atoms with E-state index < -0.39 is 11.8 Å². The predicted octanol–water partition coefficient (Wildman–Crippen LogP) is 3.44. The van der Waals surface area contributed by atoms with Crippen molar-refractivity contribution in [3.05, 3.63) is 58.1 Å². The number of aryl methyl sites for hydroxylation is 1. The van der Waals surface area contributed by atoms with Crippen molar-refractivity contribution in [3.8, 4) is 5.75 Å². The third-order valence-corrected chi connectivity index (χ3v) is 3.59.